The topological polar surface area (TPSA) is 58.6 Å². The predicted molar refractivity (Wildman–Crippen MR) is 94.4 cm³/mol. The van der Waals surface area contributed by atoms with Gasteiger partial charge < -0.3 is 15.0 Å². The molecule has 132 valence electrons. The third-order valence-electron chi connectivity index (χ3n) is 4.96. The number of thiophene rings is 1. The molecular formula is C18H26N2O3S. The van der Waals surface area contributed by atoms with Gasteiger partial charge in [-0.15, -0.1) is 11.3 Å². The number of nitrogens with one attached hydrogen (secondary N) is 1. The van der Waals surface area contributed by atoms with Crippen LogP contribution in [0.4, 0.5) is 0 Å². The van der Waals surface area contributed by atoms with E-state index in [0.29, 0.717) is 12.5 Å². The Morgan fingerprint density at radius 2 is 2.12 bits per heavy atom. The van der Waals surface area contributed by atoms with Gasteiger partial charge in [-0.05, 0) is 43.6 Å². The fourth-order valence-electron chi connectivity index (χ4n) is 3.50. The average Bonchev–Trinajstić information content (AvgIpc) is 3.18. The fraction of sp³-hybridized carbons (Fsp3) is 0.667. The molecule has 0 radical (unpaired) electrons. The smallest absolute Gasteiger partial charge is 0.252 e. The van der Waals surface area contributed by atoms with Crippen molar-refractivity contribution in [2.75, 3.05) is 20.6 Å². The van der Waals surface area contributed by atoms with E-state index in [4.69, 9.17) is 4.74 Å². The van der Waals surface area contributed by atoms with Crippen molar-refractivity contribution < 1.29 is 14.3 Å². The zero-order valence-electron chi connectivity index (χ0n) is 14.6. The lowest BCUT2D eigenvalue weighted by atomic mass is 9.88. The third kappa shape index (κ3) is 3.64. The Labute approximate surface area is 147 Å². The first-order valence-electron chi connectivity index (χ1n) is 8.69. The Morgan fingerprint density at radius 3 is 2.88 bits per heavy atom. The predicted octanol–water partition coefficient (Wildman–Crippen LogP) is 2.24. The Kier molecular flexibility index (Phi) is 5.25. The first-order chi connectivity index (χ1) is 11.5. The molecule has 2 amide bonds. The number of nitrogens with zero attached hydrogens (tertiary/aromatic N) is 1. The van der Waals surface area contributed by atoms with Crippen molar-refractivity contribution in [1.29, 1.82) is 0 Å². The lowest BCUT2D eigenvalue weighted by Gasteiger charge is -2.19. The molecule has 0 bridgehead atoms. The molecule has 1 fully saturated rings. The van der Waals surface area contributed by atoms with Crippen LogP contribution in [-0.4, -0.2) is 49.6 Å². The number of rotatable bonds is 4. The average molecular weight is 350 g/mol. The highest BCUT2D eigenvalue weighted by Crippen LogP contribution is 2.32. The summed E-state index contributed by atoms with van der Waals surface area (Å²) in [6, 6.07) is 0. The number of fused-ring (bicyclic) bond motifs is 1. The van der Waals surface area contributed by atoms with Gasteiger partial charge >= 0.3 is 0 Å². The molecule has 1 N–H and O–H groups in total. The van der Waals surface area contributed by atoms with E-state index in [-0.39, 0.29) is 24.0 Å². The number of likely N-dealkylation sites (N-methyl/N-ethyl adjacent to an activating group) is 1. The largest absolute Gasteiger partial charge is 0.363 e. The number of hydrogen-bond donors (Lipinski definition) is 1. The summed E-state index contributed by atoms with van der Waals surface area (Å²) in [4.78, 5) is 27.3. The summed E-state index contributed by atoms with van der Waals surface area (Å²) in [7, 11) is 3.47. The molecule has 5 nitrogen and oxygen atoms in total. The first-order valence-corrected chi connectivity index (χ1v) is 9.57. The second-order valence-electron chi connectivity index (χ2n) is 7.17. The molecule has 2 heterocycles. The van der Waals surface area contributed by atoms with Crippen LogP contribution in [0.5, 0.6) is 0 Å². The van der Waals surface area contributed by atoms with E-state index in [1.165, 1.54) is 10.4 Å². The van der Waals surface area contributed by atoms with E-state index in [0.717, 1.165) is 37.7 Å². The minimum atomic E-state index is -0.364. The molecule has 2 aliphatic rings. The van der Waals surface area contributed by atoms with Crippen LogP contribution in [0, 0.1) is 5.92 Å². The first kappa shape index (κ1) is 17.4. The van der Waals surface area contributed by atoms with Crippen molar-refractivity contribution >= 4 is 23.2 Å². The highest BCUT2D eigenvalue weighted by molar-refractivity contribution is 7.10. The van der Waals surface area contributed by atoms with Gasteiger partial charge in [0.2, 0.25) is 0 Å². The number of amides is 2. The van der Waals surface area contributed by atoms with E-state index in [9.17, 15) is 9.59 Å². The van der Waals surface area contributed by atoms with Crippen LogP contribution in [0.2, 0.25) is 0 Å². The molecule has 24 heavy (non-hydrogen) atoms. The summed E-state index contributed by atoms with van der Waals surface area (Å²) >= 11 is 1.71. The number of carbonyl (C=O) groups excluding carboxylic acids is 2. The van der Waals surface area contributed by atoms with Crippen molar-refractivity contribution in [3.63, 3.8) is 0 Å². The van der Waals surface area contributed by atoms with Crippen LogP contribution in [0.25, 0.3) is 0 Å². The molecule has 3 unspecified atom stereocenters. The molecule has 0 aromatic carbocycles. The lowest BCUT2D eigenvalue weighted by Crippen LogP contribution is -2.36. The Morgan fingerprint density at radius 1 is 1.33 bits per heavy atom. The molecule has 1 aromatic rings. The summed E-state index contributed by atoms with van der Waals surface area (Å²) < 4.78 is 5.78. The summed E-state index contributed by atoms with van der Waals surface area (Å²) in [5.41, 5.74) is 2.07. The van der Waals surface area contributed by atoms with Crippen LogP contribution in [0.3, 0.4) is 0 Å². The fourth-order valence-corrected chi connectivity index (χ4v) is 4.74. The van der Waals surface area contributed by atoms with Gasteiger partial charge in [0.1, 0.15) is 6.10 Å². The van der Waals surface area contributed by atoms with E-state index < -0.39 is 0 Å². The number of ether oxygens (including phenoxy) is 1. The molecule has 1 saturated heterocycles. The molecule has 1 aliphatic heterocycles. The summed E-state index contributed by atoms with van der Waals surface area (Å²) in [5.74, 6) is 0.711. The van der Waals surface area contributed by atoms with Crippen molar-refractivity contribution in [2.45, 2.75) is 51.2 Å². The molecule has 3 atom stereocenters. The van der Waals surface area contributed by atoms with Crippen molar-refractivity contribution in [2.24, 2.45) is 5.92 Å². The van der Waals surface area contributed by atoms with Crippen molar-refractivity contribution in [1.82, 2.24) is 10.2 Å². The van der Waals surface area contributed by atoms with Gasteiger partial charge in [0.05, 0.1) is 11.7 Å². The van der Waals surface area contributed by atoms with Crippen LogP contribution in [-0.2, 0) is 22.4 Å². The van der Waals surface area contributed by atoms with Crippen molar-refractivity contribution in [3.8, 4) is 0 Å². The van der Waals surface area contributed by atoms with Gasteiger partial charge in [0.25, 0.3) is 11.8 Å². The normalized spacial score (nSPS) is 26.0. The van der Waals surface area contributed by atoms with E-state index >= 15 is 0 Å². The van der Waals surface area contributed by atoms with Crippen LogP contribution >= 0.6 is 11.3 Å². The maximum absolute atomic E-state index is 12.5. The molecule has 0 spiro atoms. The van der Waals surface area contributed by atoms with Gasteiger partial charge in [0.15, 0.2) is 0 Å². The Balaban J connectivity index is 1.53. The van der Waals surface area contributed by atoms with Crippen LogP contribution < -0.4 is 5.32 Å². The van der Waals surface area contributed by atoms with Crippen LogP contribution in [0.1, 0.15) is 47.0 Å². The highest BCUT2D eigenvalue weighted by Gasteiger charge is 2.32. The maximum atomic E-state index is 12.5. The minimum absolute atomic E-state index is 0.00449. The molecule has 6 heteroatoms. The van der Waals surface area contributed by atoms with Gasteiger partial charge in [-0.2, -0.15) is 0 Å². The molecule has 3 rings (SSSR count). The van der Waals surface area contributed by atoms with Gasteiger partial charge in [-0.25, -0.2) is 0 Å². The zero-order chi connectivity index (χ0) is 17.3. The second-order valence-corrected chi connectivity index (χ2v) is 8.13. The van der Waals surface area contributed by atoms with Crippen LogP contribution in [0.15, 0.2) is 5.38 Å². The number of carbonyl (C=O) groups is 2. The molecule has 1 aromatic heterocycles. The second kappa shape index (κ2) is 7.23. The van der Waals surface area contributed by atoms with Gasteiger partial charge in [0, 0.05) is 30.9 Å². The molecular weight excluding hydrogens is 324 g/mol. The van der Waals surface area contributed by atoms with Gasteiger partial charge in [-0.1, -0.05) is 6.92 Å². The Hall–Kier alpha value is -1.40. The molecule has 1 aliphatic carbocycles. The summed E-state index contributed by atoms with van der Waals surface area (Å²) in [6.07, 6.45) is 4.35. The standard InChI is InChI=1S/C18H26N2O3S/c1-11-4-6-13-14(10-24-16(13)8-11)17(21)19-9-12-5-7-15(23-12)18(22)20(2)3/h10-12,15H,4-9H2,1-3H3,(H,19,21). The van der Waals surface area contributed by atoms with Crippen molar-refractivity contribution in [3.05, 3.63) is 21.4 Å². The number of hydrogen-bond acceptors (Lipinski definition) is 4. The zero-order valence-corrected chi connectivity index (χ0v) is 15.4. The van der Waals surface area contributed by atoms with E-state index in [1.807, 2.05) is 5.38 Å². The SMILES string of the molecule is CC1CCc2c(C(=O)NCC3CCC(C(=O)N(C)C)O3)csc2C1. The molecule has 0 saturated carbocycles. The maximum Gasteiger partial charge on any atom is 0.252 e. The van der Waals surface area contributed by atoms with Gasteiger partial charge in [-0.3, -0.25) is 9.59 Å². The van der Waals surface area contributed by atoms with E-state index in [2.05, 4.69) is 12.2 Å². The third-order valence-corrected chi connectivity index (χ3v) is 6.01. The summed E-state index contributed by atoms with van der Waals surface area (Å²) in [5, 5.41) is 4.99. The lowest BCUT2D eigenvalue weighted by molar-refractivity contribution is -0.140. The quantitative estimate of drug-likeness (QED) is 0.906. The summed E-state index contributed by atoms with van der Waals surface area (Å²) in [6.45, 7) is 2.74. The Bertz CT molecular complexity index is 626. The highest BCUT2D eigenvalue weighted by atomic mass is 32.1. The van der Waals surface area contributed by atoms with E-state index in [1.54, 1.807) is 30.3 Å². The minimum Gasteiger partial charge on any atom is -0.363 e. The monoisotopic (exact) mass is 350 g/mol.